The lowest BCUT2D eigenvalue weighted by atomic mass is 10.0. The summed E-state index contributed by atoms with van der Waals surface area (Å²) < 4.78 is 0. The van der Waals surface area contributed by atoms with E-state index in [0.717, 1.165) is 44.3 Å². The zero-order valence-corrected chi connectivity index (χ0v) is 16.6. The highest BCUT2D eigenvalue weighted by Gasteiger charge is 2.47. The number of likely N-dealkylation sites (tertiary alicyclic amines) is 1. The molecule has 0 bridgehead atoms. The van der Waals surface area contributed by atoms with Gasteiger partial charge in [0.1, 0.15) is 0 Å². The largest absolute Gasteiger partial charge is 0.370 e. The van der Waals surface area contributed by atoms with Crippen molar-refractivity contribution in [1.29, 1.82) is 0 Å². The Hall–Kier alpha value is -0.820. The molecular weight excluding hydrogens is 411 g/mol. The summed E-state index contributed by atoms with van der Waals surface area (Å²) in [5.74, 6) is 2.50. The molecule has 1 aliphatic heterocycles. The Morgan fingerprint density at radius 3 is 2.50 bits per heavy atom. The smallest absolute Gasteiger partial charge is 0.189 e. The van der Waals surface area contributed by atoms with Gasteiger partial charge in [0.2, 0.25) is 0 Å². The van der Waals surface area contributed by atoms with Gasteiger partial charge in [0.15, 0.2) is 5.96 Å². The van der Waals surface area contributed by atoms with Crippen molar-refractivity contribution in [2.24, 2.45) is 22.6 Å². The Morgan fingerprint density at radius 1 is 1.12 bits per heavy atom. The van der Waals surface area contributed by atoms with Crippen molar-refractivity contribution in [2.45, 2.75) is 50.7 Å². The molecule has 3 N–H and O–H groups in total. The van der Waals surface area contributed by atoms with E-state index in [0.29, 0.717) is 18.0 Å². The van der Waals surface area contributed by atoms with E-state index in [4.69, 9.17) is 5.73 Å². The van der Waals surface area contributed by atoms with Gasteiger partial charge in [0.25, 0.3) is 0 Å². The van der Waals surface area contributed by atoms with Crippen molar-refractivity contribution in [3.63, 3.8) is 0 Å². The van der Waals surface area contributed by atoms with Crippen molar-refractivity contribution >= 4 is 29.9 Å². The van der Waals surface area contributed by atoms with Crippen LogP contribution in [-0.2, 0) is 6.54 Å². The van der Waals surface area contributed by atoms with Gasteiger partial charge in [-0.1, -0.05) is 30.3 Å². The SMILES string of the molecule is I.NC(=N[C@@H]1C[C@H]1C1CC1)NC1CCN(Cc2ccccc2)CC1. The first kappa shape index (κ1) is 18.0. The third-order valence-corrected chi connectivity index (χ3v) is 5.53. The predicted molar refractivity (Wildman–Crippen MR) is 110 cm³/mol. The summed E-state index contributed by atoms with van der Waals surface area (Å²) >= 11 is 0. The van der Waals surface area contributed by atoms with Crippen molar-refractivity contribution in [3.05, 3.63) is 35.9 Å². The zero-order valence-electron chi connectivity index (χ0n) is 14.2. The average Bonchev–Trinajstić information content (AvgIpc) is 3.44. The number of rotatable bonds is 5. The minimum Gasteiger partial charge on any atom is -0.370 e. The summed E-state index contributed by atoms with van der Waals surface area (Å²) in [6.45, 7) is 3.32. The van der Waals surface area contributed by atoms with E-state index < -0.39 is 0 Å². The van der Waals surface area contributed by atoms with Gasteiger partial charge in [-0.3, -0.25) is 4.90 Å². The Bertz CT molecular complexity index is 550. The highest BCUT2D eigenvalue weighted by Crippen LogP contribution is 2.51. The van der Waals surface area contributed by atoms with Crippen LogP contribution in [0.4, 0.5) is 0 Å². The minimum atomic E-state index is 0. The molecule has 2 atom stereocenters. The van der Waals surface area contributed by atoms with Crippen LogP contribution >= 0.6 is 24.0 Å². The minimum absolute atomic E-state index is 0. The highest BCUT2D eigenvalue weighted by atomic mass is 127. The Morgan fingerprint density at radius 2 is 1.83 bits per heavy atom. The second-order valence-electron chi connectivity index (χ2n) is 7.50. The number of benzene rings is 1. The topological polar surface area (TPSA) is 53.6 Å². The predicted octanol–water partition coefficient (Wildman–Crippen LogP) is 2.97. The van der Waals surface area contributed by atoms with Crippen LogP contribution in [0.15, 0.2) is 35.3 Å². The number of guanidine groups is 1. The van der Waals surface area contributed by atoms with E-state index in [-0.39, 0.29) is 24.0 Å². The van der Waals surface area contributed by atoms with Crippen molar-refractivity contribution in [3.8, 4) is 0 Å². The molecule has 132 valence electrons. The summed E-state index contributed by atoms with van der Waals surface area (Å²) in [7, 11) is 0. The van der Waals surface area contributed by atoms with Crippen LogP contribution in [0, 0.1) is 11.8 Å². The van der Waals surface area contributed by atoms with Gasteiger partial charge in [-0.05, 0) is 49.5 Å². The van der Waals surface area contributed by atoms with Crippen LogP contribution < -0.4 is 11.1 Å². The molecule has 4 rings (SSSR count). The molecule has 0 radical (unpaired) electrons. The van der Waals surface area contributed by atoms with Crippen molar-refractivity contribution in [1.82, 2.24) is 10.2 Å². The summed E-state index contributed by atoms with van der Waals surface area (Å²) in [5, 5.41) is 3.46. The second kappa shape index (κ2) is 8.04. The Labute approximate surface area is 162 Å². The molecule has 0 amide bonds. The number of piperidine rings is 1. The summed E-state index contributed by atoms with van der Waals surface area (Å²) in [6.07, 6.45) is 6.41. The van der Waals surface area contributed by atoms with Gasteiger partial charge < -0.3 is 11.1 Å². The van der Waals surface area contributed by atoms with Crippen LogP contribution in [-0.4, -0.2) is 36.0 Å². The molecule has 0 spiro atoms. The second-order valence-corrected chi connectivity index (χ2v) is 7.50. The molecular formula is C19H29IN4. The van der Waals surface area contributed by atoms with Crippen LogP contribution in [0.2, 0.25) is 0 Å². The summed E-state index contributed by atoms with van der Waals surface area (Å²) in [5.41, 5.74) is 7.51. The molecule has 0 unspecified atom stereocenters. The lowest BCUT2D eigenvalue weighted by Crippen LogP contribution is -2.47. The number of aliphatic imine (C=N–C) groups is 1. The van der Waals surface area contributed by atoms with Crippen molar-refractivity contribution in [2.75, 3.05) is 13.1 Å². The molecule has 5 heteroatoms. The van der Waals surface area contributed by atoms with Gasteiger partial charge in [-0.2, -0.15) is 0 Å². The van der Waals surface area contributed by atoms with Gasteiger partial charge in [0.05, 0.1) is 6.04 Å². The Balaban J connectivity index is 0.00000169. The number of nitrogens with one attached hydrogen (secondary N) is 1. The van der Waals surface area contributed by atoms with E-state index in [1.165, 1.54) is 24.8 Å². The van der Waals surface area contributed by atoms with Gasteiger partial charge in [-0.15, -0.1) is 24.0 Å². The van der Waals surface area contributed by atoms with E-state index in [9.17, 15) is 0 Å². The van der Waals surface area contributed by atoms with Gasteiger partial charge in [0, 0.05) is 25.7 Å². The van der Waals surface area contributed by atoms with Gasteiger partial charge >= 0.3 is 0 Å². The Kier molecular flexibility index (Phi) is 6.02. The molecule has 24 heavy (non-hydrogen) atoms. The first-order valence-corrected chi connectivity index (χ1v) is 9.14. The number of hydrogen-bond donors (Lipinski definition) is 2. The van der Waals surface area contributed by atoms with E-state index >= 15 is 0 Å². The lowest BCUT2D eigenvalue weighted by molar-refractivity contribution is 0.199. The fourth-order valence-corrected chi connectivity index (χ4v) is 3.88. The van der Waals surface area contributed by atoms with E-state index in [1.807, 2.05) is 0 Å². The fourth-order valence-electron chi connectivity index (χ4n) is 3.88. The van der Waals surface area contributed by atoms with Crippen LogP contribution in [0.25, 0.3) is 0 Å². The monoisotopic (exact) mass is 440 g/mol. The maximum atomic E-state index is 6.11. The fraction of sp³-hybridized carbons (Fsp3) is 0.632. The maximum Gasteiger partial charge on any atom is 0.189 e. The standard InChI is InChI=1S/C19H28N4.HI/c20-19(22-18-12-17(18)15-6-7-15)21-16-8-10-23(11-9-16)13-14-4-2-1-3-5-14;/h1-5,15-18H,6-13H2,(H3,20,21,22);1H/t17-,18+;/m0./s1. The normalized spacial score (nSPS) is 28.2. The van der Waals surface area contributed by atoms with Crippen LogP contribution in [0.3, 0.4) is 0 Å². The van der Waals surface area contributed by atoms with Gasteiger partial charge in [-0.25, -0.2) is 4.99 Å². The summed E-state index contributed by atoms with van der Waals surface area (Å²) in [4.78, 5) is 7.21. The van der Waals surface area contributed by atoms with Crippen LogP contribution in [0.1, 0.15) is 37.7 Å². The number of nitrogens with two attached hydrogens (primary N) is 1. The molecule has 1 heterocycles. The van der Waals surface area contributed by atoms with Crippen molar-refractivity contribution < 1.29 is 0 Å². The molecule has 4 nitrogen and oxygen atoms in total. The average molecular weight is 440 g/mol. The number of hydrogen-bond acceptors (Lipinski definition) is 2. The number of halogens is 1. The quantitative estimate of drug-likeness (QED) is 0.421. The third-order valence-electron chi connectivity index (χ3n) is 5.53. The molecule has 3 aliphatic rings. The highest BCUT2D eigenvalue weighted by molar-refractivity contribution is 14.0. The zero-order chi connectivity index (χ0) is 15.6. The molecule has 3 fully saturated rings. The molecule has 1 aromatic carbocycles. The number of nitrogens with zero attached hydrogens (tertiary/aromatic N) is 2. The molecule has 1 aromatic rings. The maximum absolute atomic E-state index is 6.11. The molecule has 2 aliphatic carbocycles. The molecule has 1 saturated heterocycles. The first-order chi connectivity index (χ1) is 11.3. The lowest BCUT2D eigenvalue weighted by Gasteiger charge is -2.32. The van der Waals surface area contributed by atoms with Crippen LogP contribution in [0.5, 0.6) is 0 Å². The first-order valence-electron chi connectivity index (χ1n) is 9.14. The third kappa shape index (κ3) is 4.85. The van der Waals surface area contributed by atoms with E-state index in [1.54, 1.807) is 0 Å². The van der Waals surface area contributed by atoms with E-state index in [2.05, 4.69) is 45.5 Å². The molecule has 0 aromatic heterocycles. The molecule has 2 saturated carbocycles. The summed E-state index contributed by atoms with van der Waals surface area (Å²) in [6, 6.07) is 11.7.